The summed E-state index contributed by atoms with van der Waals surface area (Å²) in [7, 11) is 0. The van der Waals surface area contributed by atoms with E-state index >= 15 is 0 Å². The van der Waals surface area contributed by atoms with Gasteiger partial charge < -0.3 is 15.8 Å². The predicted molar refractivity (Wildman–Crippen MR) is 99.3 cm³/mol. The Balaban J connectivity index is 1.91. The molecule has 12 nitrogen and oxygen atoms in total. The second kappa shape index (κ2) is 9.59. The van der Waals surface area contributed by atoms with Gasteiger partial charge in [-0.1, -0.05) is 0 Å². The number of benzene rings is 1. The lowest BCUT2D eigenvalue weighted by Crippen LogP contribution is -2.47. The third-order valence-electron chi connectivity index (χ3n) is 4.09. The first-order chi connectivity index (χ1) is 13.8. The highest BCUT2D eigenvalue weighted by Crippen LogP contribution is 2.26. The van der Waals surface area contributed by atoms with Crippen LogP contribution in [0.15, 0.2) is 18.2 Å². The Labute approximate surface area is 165 Å². The minimum atomic E-state index is -0.822. The molecule has 1 aliphatic rings. The third kappa shape index (κ3) is 4.85. The Bertz CT molecular complexity index is 841. The zero-order chi connectivity index (χ0) is 21.6. The molecule has 1 aromatic rings. The van der Waals surface area contributed by atoms with Crippen molar-refractivity contribution in [3.8, 4) is 0 Å². The van der Waals surface area contributed by atoms with Crippen molar-refractivity contribution in [1.82, 2.24) is 15.1 Å². The molecule has 0 aromatic heterocycles. The van der Waals surface area contributed by atoms with Crippen LogP contribution in [0.3, 0.4) is 0 Å². The van der Waals surface area contributed by atoms with Gasteiger partial charge in [0.25, 0.3) is 17.5 Å². The van der Waals surface area contributed by atoms with Crippen molar-refractivity contribution in [2.45, 2.75) is 13.3 Å². The quantitative estimate of drug-likeness (QED) is 0.275. The summed E-state index contributed by atoms with van der Waals surface area (Å²) in [4.78, 5) is 60.5. The standard InChI is InChI=1S/C17H21N5O7/c1-2-29-17(26)21(9-6-18)16(25)19-7-3-8-20-14(23)12-5-4-11(22(27)28)10-13(12)15(20)24/h4-5,10H,2-3,6-9,18H2,1H3,(H,19,25). The molecule has 156 valence electrons. The SMILES string of the molecule is CCOC(=O)N(CCN)C(=O)NCCCN1C(=O)c2ccc([N+](=O)[O-])cc2C1=O. The zero-order valence-corrected chi connectivity index (χ0v) is 15.8. The number of carbonyl (C=O) groups excluding carboxylic acids is 4. The first-order valence-corrected chi connectivity index (χ1v) is 8.88. The molecule has 5 amide bonds. The van der Waals surface area contributed by atoms with Crippen LogP contribution >= 0.6 is 0 Å². The molecule has 0 spiro atoms. The molecule has 2 rings (SSSR count). The van der Waals surface area contributed by atoms with Crippen molar-refractivity contribution in [3.05, 3.63) is 39.4 Å². The van der Waals surface area contributed by atoms with Crippen molar-refractivity contribution in [3.63, 3.8) is 0 Å². The summed E-state index contributed by atoms with van der Waals surface area (Å²) in [5.74, 6) is -1.18. The Morgan fingerprint density at radius 2 is 1.97 bits per heavy atom. The molecular weight excluding hydrogens is 386 g/mol. The first kappa shape index (κ1) is 21.8. The van der Waals surface area contributed by atoms with Gasteiger partial charge in [0.2, 0.25) is 0 Å². The fourth-order valence-electron chi connectivity index (χ4n) is 2.73. The van der Waals surface area contributed by atoms with Crippen LogP contribution in [0.25, 0.3) is 0 Å². The number of hydrogen-bond donors (Lipinski definition) is 2. The summed E-state index contributed by atoms with van der Waals surface area (Å²) in [5, 5.41) is 13.3. The molecule has 0 atom stereocenters. The minimum absolute atomic E-state index is 0.00325. The smallest absolute Gasteiger partial charge is 0.418 e. The molecule has 0 unspecified atom stereocenters. The van der Waals surface area contributed by atoms with E-state index in [1.165, 1.54) is 6.07 Å². The lowest BCUT2D eigenvalue weighted by Gasteiger charge is -2.20. The van der Waals surface area contributed by atoms with E-state index in [2.05, 4.69) is 5.32 Å². The average molecular weight is 407 g/mol. The highest BCUT2D eigenvalue weighted by molar-refractivity contribution is 6.21. The van der Waals surface area contributed by atoms with Gasteiger partial charge in [0.15, 0.2) is 0 Å². The molecule has 0 radical (unpaired) electrons. The van der Waals surface area contributed by atoms with Gasteiger partial charge in [-0.15, -0.1) is 0 Å². The van der Waals surface area contributed by atoms with Crippen LogP contribution in [0.4, 0.5) is 15.3 Å². The molecule has 12 heteroatoms. The molecule has 1 aliphatic heterocycles. The number of hydrogen-bond acceptors (Lipinski definition) is 8. The molecule has 0 bridgehead atoms. The lowest BCUT2D eigenvalue weighted by molar-refractivity contribution is -0.384. The molecule has 1 aromatic carbocycles. The lowest BCUT2D eigenvalue weighted by atomic mass is 10.1. The summed E-state index contributed by atoms with van der Waals surface area (Å²) in [6, 6.07) is 2.78. The Kier molecular flexibility index (Phi) is 7.20. The molecule has 0 saturated heterocycles. The summed E-state index contributed by atoms with van der Waals surface area (Å²) >= 11 is 0. The van der Waals surface area contributed by atoms with Crippen LogP contribution in [-0.4, -0.2) is 71.4 Å². The summed E-state index contributed by atoms with van der Waals surface area (Å²) < 4.78 is 4.78. The number of amides is 5. The normalized spacial score (nSPS) is 12.6. The van der Waals surface area contributed by atoms with Crippen LogP contribution < -0.4 is 11.1 Å². The van der Waals surface area contributed by atoms with Crippen LogP contribution in [0.2, 0.25) is 0 Å². The second-order valence-corrected chi connectivity index (χ2v) is 5.97. The van der Waals surface area contributed by atoms with Crippen LogP contribution in [-0.2, 0) is 4.74 Å². The van der Waals surface area contributed by atoms with E-state index < -0.39 is 28.9 Å². The van der Waals surface area contributed by atoms with E-state index in [0.29, 0.717) is 0 Å². The number of urea groups is 1. The van der Waals surface area contributed by atoms with Gasteiger partial charge in [-0.25, -0.2) is 14.5 Å². The number of nitrogens with one attached hydrogen (secondary N) is 1. The molecular formula is C17H21N5O7. The predicted octanol–water partition coefficient (Wildman–Crippen LogP) is 0.708. The van der Waals surface area contributed by atoms with Crippen LogP contribution in [0.1, 0.15) is 34.1 Å². The topological polar surface area (TPSA) is 165 Å². The first-order valence-electron chi connectivity index (χ1n) is 8.88. The van der Waals surface area contributed by atoms with Crippen molar-refractivity contribution in [2.75, 3.05) is 32.8 Å². The largest absolute Gasteiger partial charge is 0.449 e. The van der Waals surface area contributed by atoms with Gasteiger partial charge in [0.05, 0.1) is 22.7 Å². The van der Waals surface area contributed by atoms with Gasteiger partial charge in [-0.3, -0.25) is 24.6 Å². The monoisotopic (exact) mass is 407 g/mol. The fraction of sp³-hybridized carbons (Fsp3) is 0.412. The van der Waals surface area contributed by atoms with E-state index in [1.807, 2.05) is 0 Å². The van der Waals surface area contributed by atoms with Gasteiger partial charge in [0.1, 0.15) is 0 Å². The Morgan fingerprint density at radius 3 is 2.59 bits per heavy atom. The number of nitrogens with two attached hydrogens (primary N) is 1. The van der Waals surface area contributed by atoms with E-state index in [-0.39, 0.29) is 56.0 Å². The molecule has 0 aliphatic carbocycles. The maximum absolute atomic E-state index is 12.4. The van der Waals surface area contributed by atoms with E-state index in [9.17, 15) is 29.3 Å². The number of fused-ring (bicyclic) bond motifs is 1. The van der Waals surface area contributed by atoms with Gasteiger partial charge in [0, 0.05) is 38.3 Å². The van der Waals surface area contributed by atoms with E-state index in [4.69, 9.17) is 10.5 Å². The Morgan fingerprint density at radius 1 is 1.28 bits per heavy atom. The van der Waals surface area contributed by atoms with Crippen molar-refractivity contribution in [2.24, 2.45) is 5.73 Å². The number of non-ortho nitro benzene ring substituents is 1. The summed E-state index contributed by atoms with van der Waals surface area (Å²) in [6.07, 6.45) is -0.601. The number of rotatable bonds is 8. The average Bonchev–Trinajstić information content (AvgIpc) is 2.93. The number of carbonyl (C=O) groups is 4. The van der Waals surface area contributed by atoms with Crippen LogP contribution in [0, 0.1) is 10.1 Å². The third-order valence-corrected chi connectivity index (χ3v) is 4.09. The van der Waals surface area contributed by atoms with Gasteiger partial charge >= 0.3 is 12.1 Å². The molecule has 0 saturated carbocycles. The highest BCUT2D eigenvalue weighted by atomic mass is 16.6. The van der Waals surface area contributed by atoms with Gasteiger partial charge in [-0.05, 0) is 19.4 Å². The second-order valence-electron chi connectivity index (χ2n) is 5.97. The van der Waals surface area contributed by atoms with E-state index in [1.54, 1.807) is 6.92 Å². The molecule has 3 N–H and O–H groups in total. The number of nitro groups is 1. The molecule has 0 fully saturated rings. The number of imide groups is 2. The van der Waals surface area contributed by atoms with E-state index in [0.717, 1.165) is 21.9 Å². The van der Waals surface area contributed by atoms with Crippen LogP contribution in [0.5, 0.6) is 0 Å². The van der Waals surface area contributed by atoms with Crippen molar-refractivity contribution >= 4 is 29.6 Å². The molecule has 29 heavy (non-hydrogen) atoms. The number of nitro benzene ring substituents is 1. The maximum Gasteiger partial charge on any atom is 0.418 e. The fourth-order valence-corrected chi connectivity index (χ4v) is 2.73. The van der Waals surface area contributed by atoms with Crippen molar-refractivity contribution < 1.29 is 28.8 Å². The minimum Gasteiger partial charge on any atom is -0.449 e. The highest BCUT2D eigenvalue weighted by Gasteiger charge is 2.36. The summed E-state index contributed by atoms with van der Waals surface area (Å²) in [5.41, 5.74) is 5.18. The van der Waals surface area contributed by atoms with Crippen molar-refractivity contribution in [1.29, 1.82) is 0 Å². The number of nitrogens with zero attached hydrogens (tertiary/aromatic N) is 3. The summed E-state index contributed by atoms with van der Waals surface area (Å²) in [6.45, 7) is 1.82. The van der Waals surface area contributed by atoms with Gasteiger partial charge in [-0.2, -0.15) is 0 Å². The number of ether oxygens (including phenoxy) is 1. The molecule has 1 heterocycles. The zero-order valence-electron chi connectivity index (χ0n) is 15.8. The Hall–Kier alpha value is -3.54. The maximum atomic E-state index is 12.4.